The molecule has 0 heterocycles. The third-order valence-electron chi connectivity index (χ3n) is 3.38. The van der Waals surface area contributed by atoms with Crippen LogP contribution >= 0.6 is 0 Å². The molecule has 1 aromatic carbocycles. The first-order valence-corrected chi connectivity index (χ1v) is 7.80. The monoisotopic (exact) mass is 323 g/mol. The van der Waals surface area contributed by atoms with Crippen molar-refractivity contribution in [1.29, 1.82) is 0 Å². The third kappa shape index (κ3) is 7.65. The number of methoxy groups -OCH3 is 1. The Balaban J connectivity index is 2.36. The summed E-state index contributed by atoms with van der Waals surface area (Å²) < 4.78 is 10.3. The van der Waals surface area contributed by atoms with Crippen LogP contribution in [0.3, 0.4) is 0 Å². The molecule has 0 spiro atoms. The number of nitrogens with one attached hydrogen (secondary N) is 1. The van der Waals surface area contributed by atoms with Gasteiger partial charge in [0.1, 0.15) is 5.75 Å². The molecule has 0 saturated carbocycles. The molecule has 0 saturated heterocycles. The van der Waals surface area contributed by atoms with Crippen molar-refractivity contribution >= 4 is 11.9 Å². The number of hydrogen-bond donors (Lipinski definition) is 2. The first kappa shape index (κ1) is 19.0. The minimum atomic E-state index is -0.993. The number of aliphatic carboxylic acids is 1. The first-order chi connectivity index (χ1) is 11.1. The molecule has 1 atom stereocenters. The summed E-state index contributed by atoms with van der Waals surface area (Å²) in [6, 6.07) is 6.97. The van der Waals surface area contributed by atoms with E-state index in [1.807, 2.05) is 0 Å². The van der Waals surface area contributed by atoms with E-state index in [2.05, 4.69) is 12.2 Å². The fourth-order valence-corrected chi connectivity index (χ4v) is 2.01. The van der Waals surface area contributed by atoms with Crippen molar-refractivity contribution in [2.24, 2.45) is 0 Å². The summed E-state index contributed by atoms with van der Waals surface area (Å²) in [4.78, 5) is 22.5. The molecule has 2 N–H and O–H groups in total. The molecule has 1 rings (SSSR count). The number of benzene rings is 1. The lowest BCUT2D eigenvalue weighted by atomic mass is 10.1. The average Bonchev–Trinajstić information content (AvgIpc) is 2.55. The molecule has 0 aromatic heterocycles. The zero-order chi connectivity index (χ0) is 17.1. The number of carboxylic acid groups (broad SMARTS) is 1. The van der Waals surface area contributed by atoms with E-state index in [-0.39, 0.29) is 18.9 Å². The summed E-state index contributed by atoms with van der Waals surface area (Å²) >= 11 is 0. The zero-order valence-corrected chi connectivity index (χ0v) is 13.7. The van der Waals surface area contributed by atoms with Crippen molar-refractivity contribution < 1.29 is 24.2 Å². The summed E-state index contributed by atoms with van der Waals surface area (Å²) in [5.74, 6) is -0.565. The maximum absolute atomic E-state index is 11.6. The summed E-state index contributed by atoms with van der Waals surface area (Å²) in [6.07, 6.45) is 2.60. The van der Waals surface area contributed by atoms with E-state index in [1.165, 1.54) is 7.11 Å². The van der Waals surface area contributed by atoms with E-state index in [0.29, 0.717) is 12.3 Å². The Morgan fingerprint density at radius 1 is 1.22 bits per heavy atom. The van der Waals surface area contributed by atoms with Crippen LogP contribution in [0.2, 0.25) is 0 Å². The van der Waals surface area contributed by atoms with E-state index in [1.54, 1.807) is 24.3 Å². The second-order valence-electron chi connectivity index (χ2n) is 5.26. The van der Waals surface area contributed by atoms with Gasteiger partial charge < -0.3 is 19.9 Å². The topological polar surface area (TPSA) is 84.9 Å². The van der Waals surface area contributed by atoms with Crippen molar-refractivity contribution in [1.82, 2.24) is 5.32 Å². The highest BCUT2D eigenvalue weighted by Crippen LogP contribution is 2.14. The minimum Gasteiger partial charge on any atom is -0.484 e. The van der Waals surface area contributed by atoms with Crippen LogP contribution in [0.15, 0.2) is 24.3 Å². The highest BCUT2D eigenvalue weighted by Gasteiger charge is 2.16. The molecule has 0 bridgehead atoms. The van der Waals surface area contributed by atoms with Crippen LogP contribution in [0.1, 0.15) is 31.7 Å². The maximum atomic E-state index is 11.6. The molecule has 128 valence electrons. The molecule has 0 radical (unpaired) electrons. The molecule has 0 fully saturated rings. The van der Waals surface area contributed by atoms with Crippen molar-refractivity contribution in [2.75, 3.05) is 20.3 Å². The number of carbonyl (C=O) groups excluding carboxylic acids is 1. The van der Waals surface area contributed by atoms with Gasteiger partial charge in [-0.2, -0.15) is 0 Å². The van der Waals surface area contributed by atoms with Gasteiger partial charge in [-0.3, -0.25) is 4.79 Å². The predicted octanol–water partition coefficient (Wildman–Crippen LogP) is 2.01. The van der Waals surface area contributed by atoms with Crippen LogP contribution in [0.4, 0.5) is 0 Å². The first-order valence-electron chi connectivity index (χ1n) is 7.80. The lowest BCUT2D eigenvalue weighted by Gasteiger charge is -2.11. The summed E-state index contributed by atoms with van der Waals surface area (Å²) in [5.41, 5.74) is 0.829. The smallest absolute Gasteiger partial charge is 0.333 e. The van der Waals surface area contributed by atoms with E-state index in [0.717, 1.165) is 24.8 Å². The van der Waals surface area contributed by atoms with Gasteiger partial charge in [-0.25, -0.2) is 4.79 Å². The molecule has 0 aliphatic rings. The SMILES string of the molecule is CCCCCNC(=O)COc1ccc(C[C@H](OC)C(=O)O)cc1. The number of hydrogen-bond acceptors (Lipinski definition) is 4. The Hall–Kier alpha value is -2.08. The standard InChI is InChI=1S/C17H25NO5/c1-3-4-5-10-18-16(19)12-23-14-8-6-13(7-9-14)11-15(22-2)17(20)21/h6-9,15H,3-5,10-12H2,1-2H3,(H,18,19)(H,20,21)/t15-/m0/s1. The zero-order valence-electron chi connectivity index (χ0n) is 13.7. The molecule has 1 aromatic rings. The normalized spacial score (nSPS) is 11.7. The van der Waals surface area contributed by atoms with Crippen LogP contribution in [0.5, 0.6) is 5.75 Å². The van der Waals surface area contributed by atoms with E-state index >= 15 is 0 Å². The third-order valence-corrected chi connectivity index (χ3v) is 3.38. The van der Waals surface area contributed by atoms with Crippen LogP contribution in [0, 0.1) is 0 Å². The molecule has 0 unspecified atom stereocenters. The van der Waals surface area contributed by atoms with Gasteiger partial charge in [0.2, 0.25) is 0 Å². The summed E-state index contributed by atoms with van der Waals surface area (Å²) in [5, 5.41) is 11.7. The number of carboxylic acids is 1. The van der Waals surface area contributed by atoms with Crippen LogP contribution < -0.4 is 10.1 Å². The fraction of sp³-hybridized carbons (Fsp3) is 0.529. The van der Waals surface area contributed by atoms with Gasteiger partial charge in [0.05, 0.1) is 0 Å². The Bertz CT molecular complexity index is 486. The summed E-state index contributed by atoms with van der Waals surface area (Å²) in [6.45, 7) is 2.75. The van der Waals surface area contributed by atoms with Gasteiger partial charge in [-0.15, -0.1) is 0 Å². The number of carbonyl (C=O) groups is 2. The molecular formula is C17H25NO5. The molecule has 6 heteroatoms. The Kier molecular flexibility index (Phi) is 8.75. The minimum absolute atomic E-state index is 0.0265. The Morgan fingerprint density at radius 2 is 1.91 bits per heavy atom. The van der Waals surface area contributed by atoms with Gasteiger partial charge in [-0.1, -0.05) is 31.9 Å². The highest BCUT2D eigenvalue weighted by molar-refractivity contribution is 5.77. The number of unbranched alkanes of at least 4 members (excludes halogenated alkanes) is 2. The second kappa shape index (κ2) is 10.6. The van der Waals surface area contributed by atoms with Crippen LogP contribution in [0.25, 0.3) is 0 Å². The van der Waals surface area contributed by atoms with E-state index in [4.69, 9.17) is 14.6 Å². The highest BCUT2D eigenvalue weighted by atomic mass is 16.5. The van der Waals surface area contributed by atoms with Gasteiger partial charge in [-0.05, 0) is 24.1 Å². The van der Waals surface area contributed by atoms with Crippen molar-refractivity contribution in [3.63, 3.8) is 0 Å². The second-order valence-corrected chi connectivity index (χ2v) is 5.26. The van der Waals surface area contributed by atoms with E-state index < -0.39 is 12.1 Å². The maximum Gasteiger partial charge on any atom is 0.333 e. The number of rotatable bonds is 11. The van der Waals surface area contributed by atoms with Crippen molar-refractivity contribution in [3.05, 3.63) is 29.8 Å². The van der Waals surface area contributed by atoms with Gasteiger partial charge in [0, 0.05) is 20.1 Å². The lowest BCUT2D eigenvalue weighted by molar-refractivity contribution is -0.148. The molecule has 1 amide bonds. The average molecular weight is 323 g/mol. The molecule has 0 aliphatic heterocycles. The number of amides is 1. The van der Waals surface area contributed by atoms with Gasteiger partial charge in [0.25, 0.3) is 5.91 Å². The molecule has 23 heavy (non-hydrogen) atoms. The number of ether oxygens (including phenoxy) is 2. The lowest BCUT2D eigenvalue weighted by Crippen LogP contribution is -2.29. The van der Waals surface area contributed by atoms with Crippen LogP contribution in [-0.2, 0) is 20.7 Å². The fourth-order valence-electron chi connectivity index (χ4n) is 2.01. The molecule has 0 aliphatic carbocycles. The molecule has 6 nitrogen and oxygen atoms in total. The predicted molar refractivity (Wildman–Crippen MR) is 86.6 cm³/mol. The van der Waals surface area contributed by atoms with Gasteiger partial charge in [0.15, 0.2) is 12.7 Å². The van der Waals surface area contributed by atoms with Gasteiger partial charge >= 0.3 is 5.97 Å². The van der Waals surface area contributed by atoms with Crippen molar-refractivity contribution in [3.8, 4) is 5.75 Å². The Labute approximate surface area is 136 Å². The van der Waals surface area contributed by atoms with Crippen LogP contribution in [-0.4, -0.2) is 43.3 Å². The largest absolute Gasteiger partial charge is 0.484 e. The van der Waals surface area contributed by atoms with Crippen molar-refractivity contribution in [2.45, 2.75) is 38.7 Å². The summed E-state index contributed by atoms with van der Waals surface area (Å²) in [7, 11) is 1.37. The molecular weight excluding hydrogens is 298 g/mol. The Morgan fingerprint density at radius 3 is 2.48 bits per heavy atom. The quantitative estimate of drug-likeness (QED) is 0.609. The van der Waals surface area contributed by atoms with E-state index in [9.17, 15) is 9.59 Å².